The average molecular weight is 288 g/mol. The topological polar surface area (TPSA) is 23.6 Å². The van der Waals surface area contributed by atoms with Crippen LogP contribution in [0.2, 0.25) is 0 Å². The Bertz CT molecular complexity index is 472. The second-order valence-corrected chi connectivity index (χ2v) is 6.20. The van der Waals surface area contributed by atoms with Gasteiger partial charge in [-0.2, -0.15) is 0 Å². The SMILES string of the molecule is CCCCN(C)CC(=O)N(C)C1CCCc2ccccc21. The van der Waals surface area contributed by atoms with Crippen LogP contribution in [0.1, 0.15) is 49.8 Å². The molecule has 1 aromatic carbocycles. The fourth-order valence-corrected chi connectivity index (χ4v) is 3.15. The summed E-state index contributed by atoms with van der Waals surface area (Å²) in [4.78, 5) is 16.6. The van der Waals surface area contributed by atoms with Gasteiger partial charge in [0.1, 0.15) is 0 Å². The quantitative estimate of drug-likeness (QED) is 0.802. The van der Waals surface area contributed by atoms with Crippen molar-refractivity contribution in [3.05, 3.63) is 35.4 Å². The second-order valence-electron chi connectivity index (χ2n) is 6.20. The number of likely N-dealkylation sites (N-methyl/N-ethyl adjacent to an activating group) is 2. The van der Waals surface area contributed by atoms with Crippen molar-refractivity contribution < 1.29 is 4.79 Å². The van der Waals surface area contributed by atoms with Crippen molar-refractivity contribution in [1.82, 2.24) is 9.80 Å². The van der Waals surface area contributed by atoms with E-state index in [1.807, 2.05) is 19.0 Å². The molecule has 3 heteroatoms. The Morgan fingerprint density at radius 2 is 2.05 bits per heavy atom. The Balaban J connectivity index is 2.00. The van der Waals surface area contributed by atoms with E-state index in [2.05, 4.69) is 36.1 Å². The molecule has 0 saturated carbocycles. The van der Waals surface area contributed by atoms with Crippen LogP contribution in [0.15, 0.2) is 24.3 Å². The molecule has 21 heavy (non-hydrogen) atoms. The van der Waals surface area contributed by atoms with Gasteiger partial charge in [0.15, 0.2) is 0 Å². The zero-order chi connectivity index (χ0) is 15.2. The third-order valence-electron chi connectivity index (χ3n) is 4.50. The summed E-state index contributed by atoms with van der Waals surface area (Å²) in [5.41, 5.74) is 2.75. The fourth-order valence-electron chi connectivity index (χ4n) is 3.15. The molecule has 3 nitrogen and oxygen atoms in total. The highest BCUT2D eigenvalue weighted by Crippen LogP contribution is 2.33. The summed E-state index contributed by atoms with van der Waals surface area (Å²) in [6.07, 6.45) is 5.72. The molecule has 0 spiro atoms. The molecule has 0 bridgehead atoms. The summed E-state index contributed by atoms with van der Waals surface area (Å²) in [5.74, 6) is 0.232. The first-order chi connectivity index (χ1) is 10.1. The summed E-state index contributed by atoms with van der Waals surface area (Å²) < 4.78 is 0. The molecule has 1 aliphatic carbocycles. The zero-order valence-corrected chi connectivity index (χ0v) is 13.6. The molecule has 1 aliphatic rings. The Morgan fingerprint density at radius 3 is 2.81 bits per heavy atom. The van der Waals surface area contributed by atoms with E-state index in [4.69, 9.17) is 0 Å². The molecule has 0 aromatic heterocycles. The molecular formula is C18H28N2O. The van der Waals surface area contributed by atoms with E-state index >= 15 is 0 Å². The van der Waals surface area contributed by atoms with Crippen LogP contribution in [-0.4, -0.2) is 42.9 Å². The molecule has 1 atom stereocenters. The number of aryl methyl sites for hydroxylation is 1. The van der Waals surface area contributed by atoms with Crippen LogP contribution in [0.4, 0.5) is 0 Å². The van der Waals surface area contributed by atoms with E-state index in [-0.39, 0.29) is 11.9 Å². The van der Waals surface area contributed by atoms with Crippen molar-refractivity contribution in [2.75, 3.05) is 27.2 Å². The predicted molar refractivity (Wildman–Crippen MR) is 87.3 cm³/mol. The van der Waals surface area contributed by atoms with E-state index in [1.165, 1.54) is 24.0 Å². The molecule has 0 heterocycles. The van der Waals surface area contributed by atoms with Crippen molar-refractivity contribution in [2.45, 2.75) is 45.1 Å². The summed E-state index contributed by atoms with van der Waals surface area (Å²) in [5, 5.41) is 0. The van der Waals surface area contributed by atoms with Crippen molar-refractivity contribution in [2.24, 2.45) is 0 Å². The fraction of sp³-hybridized carbons (Fsp3) is 0.611. The summed E-state index contributed by atoms with van der Waals surface area (Å²) in [6.45, 7) is 3.70. The molecule has 0 radical (unpaired) electrons. The average Bonchev–Trinajstić information content (AvgIpc) is 2.51. The molecule has 116 valence electrons. The van der Waals surface area contributed by atoms with Gasteiger partial charge in [-0.05, 0) is 50.4 Å². The third kappa shape index (κ3) is 4.07. The molecule has 1 unspecified atom stereocenters. The van der Waals surface area contributed by atoms with Gasteiger partial charge < -0.3 is 4.90 Å². The summed E-state index contributed by atoms with van der Waals surface area (Å²) >= 11 is 0. The van der Waals surface area contributed by atoms with E-state index in [9.17, 15) is 4.79 Å². The minimum Gasteiger partial charge on any atom is -0.338 e. The van der Waals surface area contributed by atoms with E-state index in [0.717, 1.165) is 25.8 Å². The highest BCUT2D eigenvalue weighted by molar-refractivity contribution is 5.78. The minimum atomic E-state index is 0.232. The lowest BCUT2D eigenvalue weighted by Crippen LogP contribution is -2.40. The number of rotatable bonds is 6. The normalized spacial score (nSPS) is 17.6. The molecular weight excluding hydrogens is 260 g/mol. The number of fused-ring (bicyclic) bond motifs is 1. The zero-order valence-electron chi connectivity index (χ0n) is 13.6. The van der Waals surface area contributed by atoms with Crippen molar-refractivity contribution >= 4 is 5.91 Å². The molecule has 0 fully saturated rings. The lowest BCUT2D eigenvalue weighted by molar-refractivity contribution is -0.133. The van der Waals surface area contributed by atoms with Crippen LogP contribution in [-0.2, 0) is 11.2 Å². The monoisotopic (exact) mass is 288 g/mol. The van der Waals surface area contributed by atoms with Crippen LogP contribution in [0.5, 0.6) is 0 Å². The second kappa shape index (κ2) is 7.60. The molecule has 0 aliphatic heterocycles. The van der Waals surface area contributed by atoms with Gasteiger partial charge in [-0.25, -0.2) is 0 Å². The lowest BCUT2D eigenvalue weighted by atomic mass is 9.87. The number of hydrogen-bond acceptors (Lipinski definition) is 2. The summed E-state index contributed by atoms with van der Waals surface area (Å²) in [6, 6.07) is 8.82. The van der Waals surface area contributed by atoms with E-state index in [0.29, 0.717) is 6.54 Å². The number of carbonyl (C=O) groups is 1. The first-order valence-electron chi connectivity index (χ1n) is 8.15. The van der Waals surface area contributed by atoms with E-state index < -0.39 is 0 Å². The first kappa shape index (κ1) is 16.0. The van der Waals surface area contributed by atoms with Gasteiger partial charge in [-0.15, -0.1) is 0 Å². The number of amides is 1. The Kier molecular flexibility index (Phi) is 5.80. The van der Waals surface area contributed by atoms with Gasteiger partial charge >= 0.3 is 0 Å². The summed E-state index contributed by atoms with van der Waals surface area (Å²) in [7, 11) is 4.00. The number of hydrogen-bond donors (Lipinski definition) is 0. The smallest absolute Gasteiger partial charge is 0.236 e. The van der Waals surface area contributed by atoms with Gasteiger partial charge in [0.2, 0.25) is 5.91 Å². The number of unbranched alkanes of at least 4 members (excludes halogenated alkanes) is 1. The predicted octanol–water partition coefficient (Wildman–Crippen LogP) is 3.25. The highest BCUT2D eigenvalue weighted by Gasteiger charge is 2.26. The number of nitrogens with zero attached hydrogens (tertiary/aromatic N) is 2. The minimum absolute atomic E-state index is 0.232. The van der Waals surface area contributed by atoms with Gasteiger partial charge in [-0.3, -0.25) is 9.69 Å². The molecule has 0 saturated heterocycles. The van der Waals surface area contributed by atoms with Gasteiger partial charge in [0, 0.05) is 7.05 Å². The maximum atomic E-state index is 12.5. The van der Waals surface area contributed by atoms with Gasteiger partial charge in [0.05, 0.1) is 12.6 Å². The van der Waals surface area contributed by atoms with Crippen LogP contribution in [0, 0.1) is 0 Å². The van der Waals surface area contributed by atoms with Crippen LogP contribution in [0.3, 0.4) is 0 Å². The van der Waals surface area contributed by atoms with Crippen LogP contribution < -0.4 is 0 Å². The van der Waals surface area contributed by atoms with Crippen molar-refractivity contribution in [3.63, 3.8) is 0 Å². The third-order valence-corrected chi connectivity index (χ3v) is 4.50. The van der Waals surface area contributed by atoms with Crippen molar-refractivity contribution in [3.8, 4) is 0 Å². The van der Waals surface area contributed by atoms with Gasteiger partial charge in [0.25, 0.3) is 0 Å². The standard InChI is InChI=1S/C18H28N2O/c1-4-5-13-19(2)14-18(21)20(3)17-12-8-10-15-9-6-7-11-16(15)17/h6-7,9,11,17H,4-5,8,10,12-14H2,1-3H3. The van der Waals surface area contributed by atoms with Crippen molar-refractivity contribution in [1.29, 1.82) is 0 Å². The van der Waals surface area contributed by atoms with Crippen LogP contribution >= 0.6 is 0 Å². The molecule has 1 aromatic rings. The Morgan fingerprint density at radius 1 is 1.29 bits per heavy atom. The first-order valence-corrected chi connectivity index (χ1v) is 8.15. The Labute approximate surface area is 128 Å². The molecule has 2 rings (SSSR count). The van der Waals surface area contributed by atoms with Crippen LogP contribution in [0.25, 0.3) is 0 Å². The Hall–Kier alpha value is -1.35. The molecule has 0 N–H and O–H groups in total. The maximum absolute atomic E-state index is 12.5. The molecule has 1 amide bonds. The lowest BCUT2D eigenvalue weighted by Gasteiger charge is -2.34. The number of carbonyl (C=O) groups excluding carboxylic acids is 1. The van der Waals surface area contributed by atoms with E-state index in [1.54, 1.807) is 0 Å². The largest absolute Gasteiger partial charge is 0.338 e. The maximum Gasteiger partial charge on any atom is 0.236 e. The van der Waals surface area contributed by atoms with Gasteiger partial charge in [-0.1, -0.05) is 37.6 Å². The highest BCUT2D eigenvalue weighted by atomic mass is 16.2. The number of benzene rings is 1.